The molecule has 0 saturated carbocycles. The molecule has 0 bridgehead atoms. The average molecular weight is 302 g/mol. The number of benzene rings is 2. The van der Waals surface area contributed by atoms with E-state index in [9.17, 15) is 4.39 Å². The van der Waals surface area contributed by atoms with E-state index in [1.165, 1.54) is 6.33 Å². The van der Waals surface area contributed by atoms with E-state index >= 15 is 0 Å². The minimum atomic E-state index is -0.214. The van der Waals surface area contributed by atoms with E-state index in [2.05, 4.69) is 15.3 Å². The van der Waals surface area contributed by atoms with Gasteiger partial charge in [-0.05, 0) is 34.9 Å². The zero-order chi connectivity index (χ0) is 14.7. The Morgan fingerprint density at radius 3 is 2.81 bits per heavy atom. The molecule has 1 N–H and O–H groups in total. The Kier molecular flexibility index (Phi) is 3.97. The highest BCUT2D eigenvalue weighted by atomic mass is 35.5. The molecule has 21 heavy (non-hydrogen) atoms. The van der Waals surface area contributed by atoms with Gasteiger partial charge < -0.3 is 5.32 Å². The second-order valence-corrected chi connectivity index (χ2v) is 5.08. The first-order valence-electron chi connectivity index (χ1n) is 6.61. The van der Waals surface area contributed by atoms with Gasteiger partial charge in [0.05, 0.1) is 0 Å². The molecular formula is C16H13ClFN3. The van der Waals surface area contributed by atoms with Gasteiger partial charge in [0.2, 0.25) is 0 Å². The summed E-state index contributed by atoms with van der Waals surface area (Å²) >= 11 is 5.80. The lowest BCUT2D eigenvalue weighted by atomic mass is 10.0. The third-order valence-electron chi connectivity index (χ3n) is 3.25. The summed E-state index contributed by atoms with van der Waals surface area (Å²) in [6.45, 7) is 0.640. The SMILES string of the molecule is Fc1cc(CCNc2cc(Cl)ncn2)c2ccccc2c1. The van der Waals surface area contributed by atoms with Gasteiger partial charge in [0, 0.05) is 12.6 Å². The van der Waals surface area contributed by atoms with Crippen LogP contribution in [0.15, 0.2) is 48.8 Å². The third-order valence-corrected chi connectivity index (χ3v) is 3.45. The van der Waals surface area contributed by atoms with E-state index in [0.29, 0.717) is 23.9 Å². The summed E-state index contributed by atoms with van der Waals surface area (Å²) in [5.74, 6) is 0.449. The van der Waals surface area contributed by atoms with E-state index < -0.39 is 0 Å². The van der Waals surface area contributed by atoms with Crippen molar-refractivity contribution < 1.29 is 4.39 Å². The summed E-state index contributed by atoms with van der Waals surface area (Å²) in [5, 5.41) is 5.54. The first-order valence-corrected chi connectivity index (χ1v) is 6.99. The summed E-state index contributed by atoms with van der Waals surface area (Å²) in [4.78, 5) is 7.89. The van der Waals surface area contributed by atoms with E-state index in [-0.39, 0.29) is 5.82 Å². The maximum Gasteiger partial charge on any atom is 0.134 e. The number of nitrogens with zero attached hydrogens (tertiary/aromatic N) is 2. The molecule has 0 fully saturated rings. The molecule has 3 rings (SSSR count). The summed E-state index contributed by atoms with van der Waals surface area (Å²) in [6, 6.07) is 12.6. The molecule has 1 heterocycles. The smallest absolute Gasteiger partial charge is 0.134 e. The van der Waals surface area contributed by atoms with Gasteiger partial charge in [-0.15, -0.1) is 0 Å². The Labute approximate surface area is 126 Å². The monoisotopic (exact) mass is 301 g/mol. The topological polar surface area (TPSA) is 37.8 Å². The van der Waals surface area contributed by atoms with Crippen LogP contribution in [-0.2, 0) is 6.42 Å². The van der Waals surface area contributed by atoms with E-state index in [0.717, 1.165) is 16.3 Å². The second kappa shape index (κ2) is 6.06. The number of aromatic nitrogens is 2. The molecule has 0 spiro atoms. The fourth-order valence-electron chi connectivity index (χ4n) is 2.31. The zero-order valence-corrected chi connectivity index (χ0v) is 11.9. The quantitative estimate of drug-likeness (QED) is 0.738. The predicted octanol–water partition coefficient (Wildman–Crippen LogP) is 4.08. The van der Waals surface area contributed by atoms with Crippen LogP contribution in [0.25, 0.3) is 10.8 Å². The van der Waals surface area contributed by atoms with Gasteiger partial charge in [-0.1, -0.05) is 35.9 Å². The van der Waals surface area contributed by atoms with E-state index in [4.69, 9.17) is 11.6 Å². The van der Waals surface area contributed by atoms with Crippen LogP contribution >= 0.6 is 11.6 Å². The molecule has 0 aliphatic heterocycles. The molecule has 2 aromatic carbocycles. The molecule has 0 aliphatic rings. The van der Waals surface area contributed by atoms with Crippen molar-refractivity contribution >= 4 is 28.2 Å². The predicted molar refractivity (Wildman–Crippen MR) is 83.1 cm³/mol. The molecule has 3 aromatic rings. The normalized spacial score (nSPS) is 10.8. The third kappa shape index (κ3) is 3.28. The lowest BCUT2D eigenvalue weighted by Gasteiger charge is -2.09. The number of anilines is 1. The fraction of sp³-hybridized carbons (Fsp3) is 0.125. The number of fused-ring (bicyclic) bond motifs is 1. The van der Waals surface area contributed by atoms with Gasteiger partial charge in [-0.3, -0.25) is 0 Å². The molecule has 0 radical (unpaired) electrons. The molecule has 0 amide bonds. The summed E-state index contributed by atoms with van der Waals surface area (Å²) < 4.78 is 13.6. The highest BCUT2D eigenvalue weighted by Gasteiger charge is 2.04. The maximum absolute atomic E-state index is 13.6. The Balaban J connectivity index is 1.76. The molecule has 0 unspecified atom stereocenters. The number of nitrogens with one attached hydrogen (secondary N) is 1. The Hall–Kier alpha value is -2.20. The second-order valence-electron chi connectivity index (χ2n) is 4.69. The van der Waals surface area contributed by atoms with E-state index in [1.807, 2.05) is 24.3 Å². The van der Waals surface area contributed by atoms with Crippen LogP contribution in [0, 0.1) is 5.82 Å². The number of rotatable bonds is 4. The van der Waals surface area contributed by atoms with Crippen LogP contribution in [0.3, 0.4) is 0 Å². The van der Waals surface area contributed by atoms with Crippen LogP contribution in [-0.4, -0.2) is 16.5 Å². The molecule has 3 nitrogen and oxygen atoms in total. The fourth-order valence-corrected chi connectivity index (χ4v) is 2.46. The molecule has 5 heteroatoms. The van der Waals surface area contributed by atoms with Crippen LogP contribution in [0.2, 0.25) is 5.15 Å². The van der Waals surface area contributed by atoms with Crippen LogP contribution in [0.5, 0.6) is 0 Å². The molecule has 0 aliphatic carbocycles. The highest BCUT2D eigenvalue weighted by molar-refractivity contribution is 6.29. The van der Waals surface area contributed by atoms with Crippen molar-refractivity contribution in [2.75, 3.05) is 11.9 Å². The molecular weight excluding hydrogens is 289 g/mol. The zero-order valence-electron chi connectivity index (χ0n) is 11.2. The van der Waals surface area contributed by atoms with Crippen molar-refractivity contribution in [3.63, 3.8) is 0 Å². The summed E-state index contributed by atoms with van der Waals surface area (Å²) in [5.41, 5.74) is 0.971. The Morgan fingerprint density at radius 1 is 1.10 bits per heavy atom. The number of hydrogen-bond acceptors (Lipinski definition) is 3. The first-order chi connectivity index (χ1) is 10.2. The van der Waals surface area contributed by atoms with Gasteiger partial charge in [0.15, 0.2) is 0 Å². The first kappa shape index (κ1) is 13.8. The molecule has 0 atom stereocenters. The van der Waals surface area contributed by atoms with Crippen molar-refractivity contribution in [3.8, 4) is 0 Å². The number of halogens is 2. The molecule has 1 aromatic heterocycles. The van der Waals surface area contributed by atoms with Crippen molar-refractivity contribution in [3.05, 3.63) is 65.3 Å². The standard InChI is InChI=1S/C16H13ClFN3/c17-15-9-16(21-10-20-15)19-6-5-12-8-13(18)7-11-3-1-2-4-14(11)12/h1-4,7-10H,5-6H2,(H,19,20,21). The van der Waals surface area contributed by atoms with E-state index in [1.54, 1.807) is 18.2 Å². The van der Waals surface area contributed by atoms with Gasteiger partial charge in [-0.2, -0.15) is 0 Å². The minimum Gasteiger partial charge on any atom is -0.370 e. The van der Waals surface area contributed by atoms with Gasteiger partial charge in [-0.25, -0.2) is 14.4 Å². The lowest BCUT2D eigenvalue weighted by molar-refractivity contribution is 0.627. The van der Waals surface area contributed by atoms with Crippen molar-refractivity contribution in [1.29, 1.82) is 0 Å². The Bertz CT molecular complexity index is 776. The number of hydrogen-bond donors (Lipinski definition) is 1. The summed E-state index contributed by atoms with van der Waals surface area (Å²) in [6.07, 6.45) is 2.10. The Morgan fingerprint density at radius 2 is 1.95 bits per heavy atom. The molecule has 106 valence electrons. The van der Waals surface area contributed by atoms with Crippen molar-refractivity contribution in [2.45, 2.75) is 6.42 Å². The van der Waals surface area contributed by atoms with Crippen LogP contribution < -0.4 is 5.32 Å². The van der Waals surface area contributed by atoms with Gasteiger partial charge in [0.1, 0.15) is 23.1 Å². The average Bonchev–Trinajstić information content (AvgIpc) is 2.47. The van der Waals surface area contributed by atoms with Gasteiger partial charge in [0.25, 0.3) is 0 Å². The van der Waals surface area contributed by atoms with Gasteiger partial charge >= 0.3 is 0 Å². The highest BCUT2D eigenvalue weighted by Crippen LogP contribution is 2.21. The van der Waals surface area contributed by atoms with Crippen molar-refractivity contribution in [2.24, 2.45) is 0 Å². The molecule has 0 saturated heterocycles. The minimum absolute atomic E-state index is 0.214. The van der Waals surface area contributed by atoms with Crippen molar-refractivity contribution in [1.82, 2.24) is 9.97 Å². The largest absolute Gasteiger partial charge is 0.370 e. The summed E-state index contributed by atoms with van der Waals surface area (Å²) in [7, 11) is 0. The van der Waals surface area contributed by atoms with Crippen LogP contribution in [0.4, 0.5) is 10.2 Å². The lowest BCUT2D eigenvalue weighted by Crippen LogP contribution is -2.07. The van der Waals surface area contributed by atoms with Crippen LogP contribution in [0.1, 0.15) is 5.56 Å². The maximum atomic E-state index is 13.6.